The van der Waals surface area contributed by atoms with Gasteiger partial charge in [0.25, 0.3) is 0 Å². The van der Waals surface area contributed by atoms with Gasteiger partial charge in [-0.15, -0.1) is 11.3 Å². The standard InChI is InChI=1S/C12H17NO3S/c1-8(10(14)9-6-5-7-17-9)13-11(15)16-12(2,3)4/h5-8H,1-4H3,(H,13,15)/t8-/m0/s1. The van der Waals surface area contributed by atoms with Gasteiger partial charge in [-0.25, -0.2) is 4.79 Å². The van der Waals surface area contributed by atoms with E-state index in [0.29, 0.717) is 4.88 Å². The molecule has 1 N–H and O–H groups in total. The van der Waals surface area contributed by atoms with Gasteiger partial charge in [0.2, 0.25) is 0 Å². The highest BCUT2D eigenvalue weighted by atomic mass is 32.1. The average molecular weight is 255 g/mol. The topological polar surface area (TPSA) is 55.4 Å². The number of alkyl carbamates (subject to hydrolysis) is 1. The van der Waals surface area contributed by atoms with Gasteiger partial charge in [-0.05, 0) is 39.1 Å². The molecule has 0 aromatic carbocycles. The summed E-state index contributed by atoms with van der Waals surface area (Å²) in [7, 11) is 0. The lowest BCUT2D eigenvalue weighted by atomic mass is 10.2. The van der Waals surface area contributed by atoms with E-state index < -0.39 is 17.7 Å². The first-order valence-electron chi connectivity index (χ1n) is 5.37. The number of thiophene rings is 1. The van der Waals surface area contributed by atoms with Crippen molar-refractivity contribution in [3.63, 3.8) is 0 Å². The van der Waals surface area contributed by atoms with E-state index >= 15 is 0 Å². The van der Waals surface area contributed by atoms with Crippen LogP contribution in [0.25, 0.3) is 0 Å². The summed E-state index contributed by atoms with van der Waals surface area (Å²) < 4.78 is 5.08. The van der Waals surface area contributed by atoms with E-state index in [1.165, 1.54) is 11.3 Å². The van der Waals surface area contributed by atoms with Gasteiger partial charge in [0.1, 0.15) is 5.60 Å². The molecule has 0 aliphatic carbocycles. The fraction of sp³-hybridized carbons (Fsp3) is 0.500. The quantitative estimate of drug-likeness (QED) is 0.845. The second-order valence-electron chi connectivity index (χ2n) is 4.71. The maximum Gasteiger partial charge on any atom is 0.408 e. The Labute approximate surface area is 105 Å². The molecule has 1 atom stereocenters. The maximum absolute atomic E-state index is 11.8. The number of Topliss-reactive ketones (excluding diaryl/α,β-unsaturated/α-hetero) is 1. The van der Waals surface area contributed by atoms with Crippen molar-refractivity contribution in [3.8, 4) is 0 Å². The van der Waals surface area contributed by atoms with Gasteiger partial charge >= 0.3 is 6.09 Å². The number of carbonyl (C=O) groups is 2. The van der Waals surface area contributed by atoms with Gasteiger partial charge in [0.15, 0.2) is 5.78 Å². The van der Waals surface area contributed by atoms with Crippen LogP contribution in [0.4, 0.5) is 4.79 Å². The number of rotatable bonds is 3. The fourth-order valence-corrected chi connectivity index (χ4v) is 1.94. The summed E-state index contributed by atoms with van der Waals surface area (Å²) >= 11 is 1.36. The second kappa shape index (κ2) is 5.31. The molecule has 4 nitrogen and oxygen atoms in total. The van der Waals surface area contributed by atoms with Crippen LogP contribution in [0.5, 0.6) is 0 Å². The Morgan fingerprint density at radius 3 is 2.53 bits per heavy atom. The van der Waals surface area contributed by atoms with Crippen molar-refractivity contribution >= 4 is 23.2 Å². The highest BCUT2D eigenvalue weighted by molar-refractivity contribution is 7.12. The molecule has 0 radical (unpaired) electrons. The maximum atomic E-state index is 11.8. The van der Waals surface area contributed by atoms with Gasteiger partial charge in [-0.2, -0.15) is 0 Å². The first kappa shape index (κ1) is 13.7. The zero-order valence-corrected chi connectivity index (χ0v) is 11.3. The molecule has 0 saturated carbocycles. The van der Waals surface area contributed by atoms with Crippen LogP contribution in [-0.2, 0) is 4.74 Å². The molecule has 5 heteroatoms. The van der Waals surface area contributed by atoms with E-state index in [9.17, 15) is 9.59 Å². The average Bonchev–Trinajstić information content (AvgIpc) is 2.65. The van der Waals surface area contributed by atoms with Crippen molar-refractivity contribution in [2.75, 3.05) is 0 Å². The molecule has 0 unspecified atom stereocenters. The summed E-state index contributed by atoms with van der Waals surface area (Å²) in [6.45, 7) is 6.97. The van der Waals surface area contributed by atoms with Crippen molar-refractivity contribution in [1.29, 1.82) is 0 Å². The predicted octanol–water partition coefficient (Wildman–Crippen LogP) is 2.84. The second-order valence-corrected chi connectivity index (χ2v) is 5.66. The van der Waals surface area contributed by atoms with Gasteiger partial charge in [0, 0.05) is 0 Å². The van der Waals surface area contributed by atoms with Crippen LogP contribution in [0.15, 0.2) is 17.5 Å². The molecule has 1 heterocycles. The summed E-state index contributed by atoms with van der Waals surface area (Å²) in [5.74, 6) is -0.106. The van der Waals surface area contributed by atoms with Crippen molar-refractivity contribution in [2.24, 2.45) is 0 Å². The smallest absolute Gasteiger partial charge is 0.408 e. The van der Waals surface area contributed by atoms with Crippen molar-refractivity contribution < 1.29 is 14.3 Å². The van der Waals surface area contributed by atoms with Crippen LogP contribution in [-0.4, -0.2) is 23.5 Å². The van der Waals surface area contributed by atoms with Gasteiger partial charge in [-0.1, -0.05) is 6.07 Å². The van der Waals surface area contributed by atoms with Crippen LogP contribution in [0.1, 0.15) is 37.4 Å². The fourth-order valence-electron chi connectivity index (χ4n) is 1.18. The lowest BCUT2D eigenvalue weighted by Gasteiger charge is -2.21. The van der Waals surface area contributed by atoms with Crippen molar-refractivity contribution in [1.82, 2.24) is 5.32 Å². The number of nitrogens with one attached hydrogen (secondary N) is 1. The Hall–Kier alpha value is -1.36. The molecule has 0 aliphatic rings. The van der Waals surface area contributed by atoms with Crippen LogP contribution >= 0.6 is 11.3 Å². The molecular weight excluding hydrogens is 238 g/mol. The molecule has 0 spiro atoms. The monoisotopic (exact) mass is 255 g/mol. The lowest BCUT2D eigenvalue weighted by Crippen LogP contribution is -2.41. The summed E-state index contributed by atoms with van der Waals surface area (Å²) in [4.78, 5) is 23.9. The third-order valence-corrected chi connectivity index (χ3v) is 2.77. The number of ether oxygens (including phenoxy) is 1. The molecule has 1 rings (SSSR count). The first-order chi connectivity index (χ1) is 7.79. The van der Waals surface area contributed by atoms with E-state index in [1.807, 2.05) is 5.38 Å². The first-order valence-corrected chi connectivity index (χ1v) is 6.25. The minimum absolute atomic E-state index is 0.106. The Balaban J connectivity index is 2.52. The van der Waals surface area contributed by atoms with E-state index in [4.69, 9.17) is 4.74 Å². The molecule has 1 aromatic rings. The predicted molar refractivity (Wildman–Crippen MR) is 67.5 cm³/mol. The van der Waals surface area contributed by atoms with Gasteiger partial charge in [-0.3, -0.25) is 4.79 Å². The SMILES string of the molecule is C[C@H](NC(=O)OC(C)(C)C)C(=O)c1cccs1. The van der Waals surface area contributed by atoms with E-state index in [1.54, 1.807) is 39.8 Å². The summed E-state index contributed by atoms with van der Waals surface area (Å²) in [5.41, 5.74) is -0.560. The number of amides is 1. The molecule has 0 aliphatic heterocycles. The molecule has 1 aromatic heterocycles. The van der Waals surface area contributed by atoms with Crippen molar-refractivity contribution in [2.45, 2.75) is 39.3 Å². The highest BCUT2D eigenvalue weighted by Gasteiger charge is 2.22. The Bertz CT molecular complexity index is 392. The molecule has 1 amide bonds. The lowest BCUT2D eigenvalue weighted by molar-refractivity contribution is 0.0497. The number of carbonyl (C=O) groups excluding carboxylic acids is 2. The third kappa shape index (κ3) is 4.56. The third-order valence-electron chi connectivity index (χ3n) is 1.89. The molecular formula is C12H17NO3S. The number of hydrogen-bond acceptors (Lipinski definition) is 4. The van der Waals surface area contributed by atoms with Crippen molar-refractivity contribution in [3.05, 3.63) is 22.4 Å². The molecule has 17 heavy (non-hydrogen) atoms. The summed E-state index contributed by atoms with van der Waals surface area (Å²) in [5, 5.41) is 4.35. The molecule has 0 bridgehead atoms. The zero-order chi connectivity index (χ0) is 13.1. The Kier molecular flexibility index (Phi) is 4.28. The van der Waals surface area contributed by atoms with Crippen LogP contribution < -0.4 is 5.32 Å². The van der Waals surface area contributed by atoms with Crippen LogP contribution in [0.3, 0.4) is 0 Å². The van der Waals surface area contributed by atoms with E-state index in [0.717, 1.165) is 0 Å². The number of hydrogen-bond donors (Lipinski definition) is 1. The minimum Gasteiger partial charge on any atom is -0.444 e. The van der Waals surface area contributed by atoms with Crippen LogP contribution in [0, 0.1) is 0 Å². The van der Waals surface area contributed by atoms with E-state index in [2.05, 4.69) is 5.32 Å². The van der Waals surface area contributed by atoms with Gasteiger partial charge < -0.3 is 10.1 Å². The Morgan fingerprint density at radius 2 is 2.06 bits per heavy atom. The highest BCUT2D eigenvalue weighted by Crippen LogP contribution is 2.12. The molecule has 0 saturated heterocycles. The largest absolute Gasteiger partial charge is 0.444 e. The zero-order valence-electron chi connectivity index (χ0n) is 10.4. The Morgan fingerprint density at radius 1 is 1.41 bits per heavy atom. The molecule has 94 valence electrons. The minimum atomic E-state index is -0.580. The normalized spacial score (nSPS) is 12.9. The van der Waals surface area contributed by atoms with E-state index in [-0.39, 0.29) is 5.78 Å². The summed E-state index contributed by atoms with van der Waals surface area (Å²) in [6, 6.07) is 2.96. The molecule has 0 fully saturated rings. The van der Waals surface area contributed by atoms with Gasteiger partial charge in [0.05, 0.1) is 10.9 Å². The summed E-state index contributed by atoms with van der Waals surface area (Å²) in [6.07, 6.45) is -0.574. The number of ketones is 1. The van der Waals surface area contributed by atoms with Crippen LogP contribution in [0.2, 0.25) is 0 Å².